The van der Waals surface area contributed by atoms with Crippen molar-refractivity contribution < 1.29 is 9.59 Å². The van der Waals surface area contributed by atoms with Crippen molar-refractivity contribution in [3.8, 4) is 0 Å². The molecule has 20 heavy (non-hydrogen) atoms. The third kappa shape index (κ3) is 3.30. The lowest BCUT2D eigenvalue weighted by Crippen LogP contribution is -2.63. The highest BCUT2D eigenvalue weighted by atomic mass is 16.2. The molecule has 6 nitrogen and oxygen atoms in total. The van der Waals surface area contributed by atoms with Gasteiger partial charge in [0.05, 0.1) is 6.54 Å². The van der Waals surface area contributed by atoms with E-state index in [1.165, 1.54) is 0 Å². The van der Waals surface area contributed by atoms with Crippen LogP contribution in [0.3, 0.4) is 0 Å². The summed E-state index contributed by atoms with van der Waals surface area (Å²) in [5.74, 6) is 0.136. The highest BCUT2D eigenvalue weighted by Crippen LogP contribution is 2.14. The lowest BCUT2D eigenvalue weighted by Gasteiger charge is -2.42. The van der Waals surface area contributed by atoms with Crippen LogP contribution in [0.2, 0.25) is 0 Å². The van der Waals surface area contributed by atoms with E-state index in [2.05, 4.69) is 29.2 Å². The molecule has 2 heterocycles. The summed E-state index contributed by atoms with van der Waals surface area (Å²) in [5.41, 5.74) is 0. The fraction of sp³-hybridized carbons (Fsp3) is 0.857. The number of amides is 2. The molecule has 0 aromatic heterocycles. The molecule has 6 heteroatoms. The lowest BCUT2D eigenvalue weighted by atomic mass is 10.00. The van der Waals surface area contributed by atoms with E-state index in [9.17, 15) is 9.59 Å². The minimum atomic E-state index is -0.372. The van der Waals surface area contributed by atoms with E-state index < -0.39 is 0 Å². The number of hydrogen-bond donors (Lipinski definition) is 1. The molecule has 2 fully saturated rings. The number of nitrogens with zero attached hydrogens (tertiary/aromatic N) is 3. The molecule has 0 spiro atoms. The molecule has 1 N–H and O–H groups in total. The van der Waals surface area contributed by atoms with E-state index in [-0.39, 0.29) is 30.3 Å². The maximum absolute atomic E-state index is 12.5. The van der Waals surface area contributed by atoms with Crippen LogP contribution in [0.1, 0.15) is 13.8 Å². The molecule has 2 aliphatic heterocycles. The predicted molar refractivity (Wildman–Crippen MR) is 77.3 cm³/mol. The molecule has 2 amide bonds. The van der Waals surface area contributed by atoms with Gasteiger partial charge in [0.15, 0.2) is 0 Å². The summed E-state index contributed by atoms with van der Waals surface area (Å²) in [4.78, 5) is 30.5. The van der Waals surface area contributed by atoms with Crippen LogP contribution in [0.25, 0.3) is 0 Å². The number of likely N-dealkylation sites (N-methyl/N-ethyl adjacent to an activating group) is 2. The minimum absolute atomic E-state index is 0.0462. The summed E-state index contributed by atoms with van der Waals surface area (Å²) in [6, 6.07) is -0.0701. The van der Waals surface area contributed by atoms with E-state index >= 15 is 0 Å². The van der Waals surface area contributed by atoms with Crippen LogP contribution in [0.15, 0.2) is 0 Å². The van der Waals surface area contributed by atoms with Gasteiger partial charge in [-0.05, 0) is 20.0 Å². The van der Waals surface area contributed by atoms with Gasteiger partial charge in [0.1, 0.15) is 6.04 Å². The van der Waals surface area contributed by atoms with Crippen molar-refractivity contribution in [2.24, 2.45) is 5.92 Å². The van der Waals surface area contributed by atoms with Crippen LogP contribution in [-0.4, -0.2) is 85.4 Å². The number of carbonyl (C=O) groups excluding carboxylic acids is 2. The Bertz CT molecular complexity index is 385. The SMILES string of the molecule is CC(C)C1NC(=O)CN(CC2CN(C)CCN2C)C1=O. The Hall–Kier alpha value is -1.14. The first-order chi connectivity index (χ1) is 9.38. The summed E-state index contributed by atoms with van der Waals surface area (Å²) in [5, 5.41) is 2.80. The normalized spacial score (nSPS) is 29.9. The first-order valence-corrected chi connectivity index (χ1v) is 7.35. The average molecular weight is 282 g/mol. The van der Waals surface area contributed by atoms with Gasteiger partial charge in [0, 0.05) is 32.2 Å². The third-order valence-corrected chi connectivity index (χ3v) is 4.31. The number of rotatable bonds is 3. The van der Waals surface area contributed by atoms with Crippen molar-refractivity contribution in [3.05, 3.63) is 0 Å². The predicted octanol–water partition coefficient (Wildman–Crippen LogP) is -0.785. The minimum Gasteiger partial charge on any atom is -0.343 e. The second-order valence-electron chi connectivity index (χ2n) is 6.40. The third-order valence-electron chi connectivity index (χ3n) is 4.31. The van der Waals surface area contributed by atoms with Crippen LogP contribution in [0.4, 0.5) is 0 Å². The molecular weight excluding hydrogens is 256 g/mol. The molecule has 2 rings (SSSR count). The molecule has 2 atom stereocenters. The summed E-state index contributed by atoms with van der Waals surface area (Å²) >= 11 is 0. The number of hydrogen-bond acceptors (Lipinski definition) is 4. The number of nitrogens with one attached hydrogen (secondary N) is 1. The molecule has 0 aromatic rings. The van der Waals surface area contributed by atoms with E-state index in [0.29, 0.717) is 12.6 Å². The maximum atomic E-state index is 12.5. The van der Waals surface area contributed by atoms with Gasteiger partial charge in [-0.25, -0.2) is 0 Å². The van der Waals surface area contributed by atoms with E-state index in [1.807, 2.05) is 13.8 Å². The largest absolute Gasteiger partial charge is 0.343 e. The smallest absolute Gasteiger partial charge is 0.245 e. The van der Waals surface area contributed by atoms with Crippen LogP contribution < -0.4 is 5.32 Å². The molecule has 0 bridgehead atoms. The Morgan fingerprint density at radius 1 is 1.25 bits per heavy atom. The molecule has 2 aliphatic rings. The Morgan fingerprint density at radius 2 is 1.95 bits per heavy atom. The first-order valence-electron chi connectivity index (χ1n) is 7.35. The maximum Gasteiger partial charge on any atom is 0.245 e. The van der Waals surface area contributed by atoms with E-state index in [0.717, 1.165) is 19.6 Å². The second kappa shape index (κ2) is 6.10. The summed E-state index contributed by atoms with van der Waals surface area (Å²) in [6.07, 6.45) is 0. The number of piperazine rings is 2. The van der Waals surface area contributed by atoms with Gasteiger partial charge in [-0.3, -0.25) is 14.5 Å². The molecule has 114 valence electrons. The molecule has 0 aliphatic carbocycles. The van der Waals surface area contributed by atoms with E-state index in [4.69, 9.17) is 0 Å². The highest BCUT2D eigenvalue weighted by molar-refractivity contribution is 5.95. The molecular formula is C14H26N4O2. The Balaban J connectivity index is 2.03. The van der Waals surface area contributed by atoms with Crippen molar-refractivity contribution in [3.63, 3.8) is 0 Å². The summed E-state index contributed by atoms with van der Waals surface area (Å²) < 4.78 is 0. The van der Waals surface area contributed by atoms with Crippen LogP contribution in [0.5, 0.6) is 0 Å². The highest BCUT2D eigenvalue weighted by Gasteiger charge is 2.36. The molecule has 2 unspecified atom stereocenters. The lowest BCUT2D eigenvalue weighted by molar-refractivity contribution is -0.146. The second-order valence-corrected chi connectivity index (χ2v) is 6.40. The monoisotopic (exact) mass is 282 g/mol. The first kappa shape index (κ1) is 15.3. The zero-order valence-corrected chi connectivity index (χ0v) is 12.9. The van der Waals surface area contributed by atoms with Gasteiger partial charge in [0.2, 0.25) is 11.8 Å². The van der Waals surface area contributed by atoms with Gasteiger partial charge < -0.3 is 15.1 Å². The van der Waals surface area contributed by atoms with Crippen molar-refractivity contribution in [2.45, 2.75) is 25.9 Å². The van der Waals surface area contributed by atoms with Crippen molar-refractivity contribution in [1.29, 1.82) is 0 Å². The quantitative estimate of drug-likeness (QED) is 0.737. The molecule has 0 saturated carbocycles. The van der Waals surface area contributed by atoms with Crippen molar-refractivity contribution in [2.75, 3.05) is 46.8 Å². The Kier molecular flexibility index (Phi) is 4.65. The van der Waals surface area contributed by atoms with Gasteiger partial charge in [-0.1, -0.05) is 13.8 Å². The molecule has 0 radical (unpaired) electrons. The van der Waals surface area contributed by atoms with Crippen LogP contribution in [-0.2, 0) is 9.59 Å². The fourth-order valence-corrected chi connectivity index (χ4v) is 2.89. The fourth-order valence-electron chi connectivity index (χ4n) is 2.89. The van der Waals surface area contributed by atoms with Gasteiger partial charge in [-0.2, -0.15) is 0 Å². The van der Waals surface area contributed by atoms with E-state index in [1.54, 1.807) is 4.90 Å². The van der Waals surface area contributed by atoms with Crippen molar-refractivity contribution in [1.82, 2.24) is 20.0 Å². The van der Waals surface area contributed by atoms with Gasteiger partial charge in [-0.15, -0.1) is 0 Å². The molecule has 0 aromatic carbocycles. The van der Waals surface area contributed by atoms with Crippen LogP contribution in [0, 0.1) is 5.92 Å². The number of carbonyl (C=O) groups is 2. The molecule has 2 saturated heterocycles. The Morgan fingerprint density at radius 3 is 2.60 bits per heavy atom. The average Bonchev–Trinajstić information content (AvgIpc) is 2.37. The van der Waals surface area contributed by atoms with Gasteiger partial charge >= 0.3 is 0 Å². The van der Waals surface area contributed by atoms with Gasteiger partial charge in [0.25, 0.3) is 0 Å². The topological polar surface area (TPSA) is 55.9 Å². The van der Waals surface area contributed by atoms with Crippen LogP contribution >= 0.6 is 0 Å². The summed E-state index contributed by atoms with van der Waals surface area (Å²) in [6.45, 7) is 7.75. The zero-order valence-electron chi connectivity index (χ0n) is 12.9. The Labute approximate surface area is 121 Å². The zero-order chi connectivity index (χ0) is 14.9. The summed E-state index contributed by atoms with van der Waals surface area (Å²) in [7, 11) is 4.19. The van der Waals surface area contributed by atoms with Crippen molar-refractivity contribution >= 4 is 11.8 Å². The standard InChI is InChI=1S/C14H26N4O2/c1-10(2)13-14(20)18(9-12(19)15-13)8-11-7-16(3)5-6-17(11)4/h10-11,13H,5-9H2,1-4H3,(H,15,19).